The molecule has 0 saturated carbocycles. The Morgan fingerprint density at radius 2 is 2.04 bits per heavy atom. The van der Waals surface area contributed by atoms with Crippen molar-refractivity contribution < 1.29 is 29.3 Å². The van der Waals surface area contributed by atoms with E-state index in [1.165, 1.54) is 24.3 Å². The number of hydrogen-bond acceptors (Lipinski definition) is 6. The Morgan fingerprint density at radius 3 is 2.67 bits per heavy atom. The fourth-order valence-electron chi connectivity index (χ4n) is 1.82. The number of carboxylic acid groups (broad SMARTS) is 2. The van der Waals surface area contributed by atoms with Crippen LogP contribution in [0.3, 0.4) is 0 Å². The normalized spacial score (nSPS) is 15.9. The molecule has 1 heterocycles. The van der Waals surface area contributed by atoms with Crippen LogP contribution in [0.1, 0.15) is 5.56 Å². The molecule has 0 unspecified atom stereocenters. The Balaban J connectivity index is 2.32. The fourth-order valence-corrected chi connectivity index (χ4v) is 3.24. The van der Waals surface area contributed by atoms with E-state index < -0.39 is 31.0 Å². The summed E-state index contributed by atoms with van der Waals surface area (Å²) >= 11 is 11.9. The quantitative estimate of drug-likeness (QED) is 0.564. The number of nitrogens with zero attached hydrogens (tertiary/aromatic N) is 1. The SMILES string of the molecule is O=C(O)COc1ccc(Cl)cc1C=C1SC(=S)N(CC(=O)O)C1=O. The molecule has 24 heavy (non-hydrogen) atoms. The zero-order chi connectivity index (χ0) is 17.9. The van der Waals surface area contributed by atoms with Crippen LogP contribution in [0.15, 0.2) is 23.1 Å². The minimum absolute atomic E-state index is 0.128. The zero-order valence-corrected chi connectivity index (χ0v) is 14.3. The number of ether oxygens (including phenoxy) is 1. The van der Waals surface area contributed by atoms with Crippen molar-refractivity contribution in [2.24, 2.45) is 0 Å². The van der Waals surface area contributed by atoms with Crippen LogP contribution in [0.2, 0.25) is 5.02 Å². The molecule has 1 fully saturated rings. The number of hydrogen-bond donors (Lipinski definition) is 2. The monoisotopic (exact) mass is 387 g/mol. The lowest BCUT2D eigenvalue weighted by Crippen LogP contribution is -2.33. The number of carboxylic acids is 2. The number of aliphatic carboxylic acids is 2. The van der Waals surface area contributed by atoms with Gasteiger partial charge in [0.2, 0.25) is 0 Å². The van der Waals surface area contributed by atoms with E-state index in [0.717, 1.165) is 16.7 Å². The van der Waals surface area contributed by atoms with Gasteiger partial charge in [0, 0.05) is 10.6 Å². The van der Waals surface area contributed by atoms with E-state index in [9.17, 15) is 14.4 Å². The first kappa shape index (κ1) is 18.2. The molecule has 0 bridgehead atoms. The van der Waals surface area contributed by atoms with E-state index in [-0.39, 0.29) is 15.0 Å². The third-order valence-electron chi connectivity index (χ3n) is 2.78. The van der Waals surface area contributed by atoms with E-state index in [0.29, 0.717) is 10.6 Å². The van der Waals surface area contributed by atoms with Gasteiger partial charge in [0.1, 0.15) is 16.6 Å². The summed E-state index contributed by atoms with van der Waals surface area (Å²) in [7, 11) is 0. The Kier molecular flexibility index (Phi) is 5.81. The van der Waals surface area contributed by atoms with Gasteiger partial charge < -0.3 is 14.9 Å². The lowest BCUT2D eigenvalue weighted by Gasteiger charge is -2.10. The van der Waals surface area contributed by atoms with Gasteiger partial charge in [-0.15, -0.1) is 0 Å². The van der Waals surface area contributed by atoms with Gasteiger partial charge in [0.05, 0.1) is 4.91 Å². The van der Waals surface area contributed by atoms with Gasteiger partial charge in [-0.2, -0.15) is 0 Å². The Morgan fingerprint density at radius 1 is 1.33 bits per heavy atom. The first-order valence-corrected chi connectivity index (χ1v) is 7.99. The van der Waals surface area contributed by atoms with Gasteiger partial charge in [-0.05, 0) is 24.3 Å². The summed E-state index contributed by atoms with van der Waals surface area (Å²) in [4.78, 5) is 34.8. The number of amides is 1. The number of halogens is 1. The van der Waals surface area contributed by atoms with Gasteiger partial charge in [-0.1, -0.05) is 35.6 Å². The molecule has 1 amide bonds. The summed E-state index contributed by atoms with van der Waals surface area (Å²) in [5, 5.41) is 17.9. The van der Waals surface area contributed by atoms with Crippen molar-refractivity contribution >= 4 is 63.8 Å². The van der Waals surface area contributed by atoms with Crippen molar-refractivity contribution in [1.29, 1.82) is 0 Å². The molecule has 0 radical (unpaired) electrons. The summed E-state index contributed by atoms with van der Waals surface area (Å²) < 4.78 is 5.28. The molecular formula is C14H10ClNO6S2. The number of thioether (sulfide) groups is 1. The average molecular weight is 388 g/mol. The van der Waals surface area contributed by atoms with Gasteiger partial charge in [0.25, 0.3) is 5.91 Å². The molecule has 0 atom stereocenters. The number of carbonyl (C=O) groups is 3. The van der Waals surface area contributed by atoms with Gasteiger partial charge >= 0.3 is 11.9 Å². The first-order chi connectivity index (χ1) is 11.3. The molecule has 1 aliphatic rings. The summed E-state index contributed by atoms with van der Waals surface area (Å²) in [5.74, 6) is -2.65. The molecule has 126 valence electrons. The molecule has 1 aromatic rings. The van der Waals surface area contributed by atoms with Crippen LogP contribution in [0.25, 0.3) is 6.08 Å². The van der Waals surface area contributed by atoms with E-state index in [2.05, 4.69) is 0 Å². The van der Waals surface area contributed by atoms with Crippen LogP contribution >= 0.6 is 35.6 Å². The maximum absolute atomic E-state index is 12.2. The van der Waals surface area contributed by atoms with E-state index in [1.54, 1.807) is 0 Å². The van der Waals surface area contributed by atoms with Crippen molar-refractivity contribution in [2.75, 3.05) is 13.2 Å². The topological polar surface area (TPSA) is 104 Å². The van der Waals surface area contributed by atoms with Crippen molar-refractivity contribution in [3.8, 4) is 5.75 Å². The van der Waals surface area contributed by atoms with Crippen LogP contribution in [0.5, 0.6) is 5.75 Å². The summed E-state index contributed by atoms with van der Waals surface area (Å²) in [6.45, 7) is -1.08. The maximum atomic E-state index is 12.2. The highest BCUT2D eigenvalue weighted by atomic mass is 35.5. The second-order valence-corrected chi connectivity index (χ2v) is 6.64. The van der Waals surface area contributed by atoms with E-state index in [4.69, 9.17) is 38.8 Å². The highest BCUT2D eigenvalue weighted by molar-refractivity contribution is 8.26. The van der Waals surface area contributed by atoms with Crippen LogP contribution in [0, 0.1) is 0 Å². The summed E-state index contributed by atoms with van der Waals surface area (Å²) in [5.41, 5.74) is 0.388. The van der Waals surface area contributed by atoms with Gasteiger partial charge in [0.15, 0.2) is 6.61 Å². The molecule has 0 spiro atoms. The number of carbonyl (C=O) groups excluding carboxylic acids is 1. The third kappa shape index (κ3) is 4.47. The molecule has 1 aliphatic heterocycles. The predicted octanol–water partition coefficient (Wildman–Crippen LogP) is 2.09. The fraction of sp³-hybridized carbons (Fsp3) is 0.143. The Bertz CT molecular complexity index is 764. The molecule has 2 N–H and O–H groups in total. The molecule has 2 rings (SSSR count). The van der Waals surface area contributed by atoms with Crippen LogP contribution in [-0.4, -0.2) is 50.4 Å². The smallest absolute Gasteiger partial charge is 0.341 e. The molecular weight excluding hydrogens is 378 g/mol. The lowest BCUT2D eigenvalue weighted by atomic mass is 10.2. The second kappa shape index (κ2) is 7.65. The van der Waals surface area contributed by atoms with Crippen LogP contribution < -0.4 is 4.74 Å². The Labute approximate surface area is 150 Å². The minimum Gasteiger partial charge on any atom is -0.481 e. The van der Waals surface area contributed by atoms with Crippen molar-refractivity contribution in [1.82, 2.24) is 4.90 Å². The van der Waals surface area contributed by atoms with Crippen molar-refractivity contribution in [2.45, 2.75) is 0 Å². The van der Waals surface area contributed by atoms with Crippen molar-refractivity contribution in [3.63, 3.8) is 0 Å². The average Bonchev–Trinajstić information content (AvgIpc) is 2.73. The standard InChI is InChI=1S/C14H10ClNO6S2/c15-8-1-2-9(22-6-12(19)20)7(3-8)4-10-13(21)16(5-11(17)18)14(23)24-10/h1-4H,5-6H2,(H,17,18)(H,19,20). The molecule has 1 saturated heterocycles. The van der Waals surface area contributed by atoms with Gasteiger partial charge in [-0.25, -0.2) is 4.79 Å². The summed E-state index contributed by atoms with van der Waals surface area (Å²) in [6.07, 6.45) is 1.43. The highest BCUT2D eigenvalue weighted by Gasteiger charge is 2.33. The first-order valence-electron chi connectivity index (χ1n) is 6.39. The largest absolute Gasteiger partial charge is 0.481 e. The zero-order valence-electron chi connectivity index (χ0n) is 11.9. The second-order valence-electron chi connectivity index (χ2n) is 4.53. The van der Waals surface area contributed by atoms with Gasteiger partial charge in [-0.3, -0.25) is 14.5 Å². The van der Waals surface area contributed by atoms with Crippen molar-refractivity contribution in [3.05, 3.63) is 33.7 Å². The number of benzene rings is 1. The lowest BCUT2D eigenvalue weighted by molar-refractivity contribution is -0.140. The molecule has 1 aromatic carbocycles. The molecule has 10 heteroatoms. The highest BCUT2D eigenvalue weighted by Crippen LogP contribution is 2.34. The Hall–Kier alpha value is -2.10. The summed E-state index contributed by atoms with van der Waals surface area (Å²) in [6, 6.07) is 4.50. The third-order valence-corrected chi connectivity index (χ3v) is 4.39. The van der Waals surface area contributed by atoms with Crippen LogP contribution in [0.4, 0.5) is 0 Å². The predicted molar refractivity (Wildman–Crippen MR) is 92.1 cm³/mol. The van der Waals surface area contributed by atoms with Crippen LogP contribution in [-0.2, 0) is 14.4 Å². The molecule has 0 aliphatic carbocycles. The number of rotatable bonds is 6. The number of thiocarbonyl (C=S) groups is 1. The van der Waals surface area contributed by atoms with E-state index in [1.807, 2.05) is 0 Å². The molecule has 0 aromatic heterocycles. The molecule has 7 nitrogen and oxygen atoms in total. The minimum atomic E-state index is -1.18. The maximum Gasteiger partial charge on any atom is 0.341 e. The van der Waals surface area contributed by atoms with E-state index >= 15 is 0 Å².